The lowest BCUT2D eigenvalue weighted by atomic mass is 10.5. The van der Waals surface area contributed by atoms with Gasteiger partial charge in [0, 0.05) is 26.2 Å². The molecule has 0 bridgehead atoms. The molecule has 4 nitrogen and oxygen atoms in total. The van der Waals surface area contributed by atoms with Crippen LogP contribution in [0.5, 0.6) is 0 Å². The first kappa shape index (κ1) is 18.6. The number of nitrogens with two attached hydrogens (primary N) is 1. The summed E-state index contributed by atoms with van der Waals surface area (Å²) in [4.78, 5) is 0. The van der Waals surface area contributed by atoms with Crippen molar-refractivity contribution >= 4 is 0 Å². The Labute approximate surface area is 83.7 Å². The first-order valence-corrected chi connectivity index (χ1v) is 4.99. The number of likely N-dealkylation sites (N-methyl/N-ethyl adjacent to an activating group) is 2. The fraction of sp³-hybridized carbons (Fsp3) is 1.00. The number of nitrogens with one attached hydrogen (secondary N) is 3. The largest absolute Gasteiger partial charge is 0.333 e. The molecule has 0 aromatic carbocycles. The summed E-state index contributed by atoms with van der Waals surface area (Å²) in [5.74, 6) is 0. The zero-order valence-corrected chi connectivity index (χ0v) is 9.91. The molecule has 13 heavy (non-hydrogen) atoms. The zero-order valence-electron chi connectivity index (χ0n) is 9.91. The van der Waals surface area contributed by atoms with Crippen molar-refractivity contribution in [3.05, 3.63) is 0 Å². The molecule has 0 aromatic rings. The number of hydrogen-bond donors (Lipinski definition) is 4. The van der Waals surface area contributed by atoms with Crippen LogP contribution in [0.15, 0.2) is 0 Å². The third-order valence-corrected chi connectivity index (χ3v) is 1.10. The summed E-state index contributed by atoms with van der Waals surface area (Å²) in [6.07, 6.45) is 0. The van der Waals surface area contributed by atoms with E-state index in [0.29, 0.717) is 0 Å². The second kappa shape index (κ2) is 29.7. The van der Waals surface area contributed by atoms with E-state index in [1.54, 1.807) is 0 Å². The fourth-order valence-electron chi connectivity index (χ4n) is 0.552. The van der Waals surface area contributed by atoms with Gasteiger partial charge in [0.25, 0.3) is 0 Å². The summed E-state index contributed by atoms with van der Waals surface area (Å²) < 4.78 is 0. The maximum Gasteiger partial charge on any atom is 0.00771 e. The molecule has 0 saturated heterocycles. The van der Waals surface area contributed by atoms with Crippen molar-refractivity contribution in [2.45, 2.75) is 13.8 Å². The molecule has 0 unspecified atom stereocenters. The van der Waals surface area contributed by atoms with Gasteiger partial charge in [-0.05, 0) is 21.1 Å². The molecule has 5 N–H and O–H groups in total. The normalized spacial score (nSPS) is 7.85. The SMILES string of the molecule is CC.CN.CNCCNCCNC. The van der Waals surface area contributed by atoms with Crippen LogP contribution in [-0.4, -0.2) is 47.3 Å². The molecule has 0 atom stereocenters. The fourth-order valence-corrected chi connectivity index (χ4v) is 0.552. The molecular formula is C9H28N4. The van der Waals surface area contributed by atoms with Crippen LogP contribution in [0.1, 0.15) is 13.8 Å². The summed E-state index contributed by atoms with van der Waals surface area (Å²) in [6.45, 7) is 8.20. The highest BCUT2D eigenvalue weighted by molar-refractivity contribution is 4.49. The minimum atomic E-state index is 1.05. The van der Waals surface area contributed by atoms with E-state index >= 15 is 0 Å². The van der Waals surface area contributed by atoms with Crippen molar-refractivity contribution in [1.82, 2.24) is 16.0 Å². The maximum absolute atomic E-state index is 4.50. The Morgan fingerprint density at radius 2 is 1.08 bits per heavy atom. The van der Waals surface area contributed by atoms with Gasteiger partial charge in [0.05, 0.1) is 0 Å². The van der Waals surface area contributed by atoms with Crippen LogP contribution >= 0.6 is 0 Å². The molecule has 0 amide bonds. The van der Waals surface area contributed by atoms with Crippen LogP contribution in [-0.2, 0) is 0 Å². The molecule has 84 valence electrons. The van der Waals surface area contributed by atoms with Gasteiger partial charge in [0.15, 0.2) is 0 Å². The van der Waals surface area contributed by atoms with Crippen molar-refractivity contribution in [3.8, 4) is 0 Å². The molecule has 0 aliphatic carbocycles. The first-order chi connectivity index (χ1) is 6.41. The molecule has 4 heteroatoms. The van der Waals surface area contributed by atoms with Crippen molar-refractivity contribution in [1.29, 1.82) is 0 Å². The van der Waals surface area contributed by atoms with Crippen molar-refractivity contribution in [3.63, 3.8) is 0 Å². The molecule has 0 saturated carbocycles. The predicted molar refractivity (Wildman–Crippen MR) is 62.2 cm³/mol. The smallest absolute Gasteiger partial charge is 0.00771 e. The third kappa shape index (κ3) is 33.6. The lowest BCUT2D eigenvalue weighted by molar-refractivity contribution is 0.627. The average Bonchev–Trinajstić information content (AvgIpc) is 2.24. The van der Waals surface area contributed by atoms with E-state index in [1.165, 1.54) is 7.05 Å². The standard InChI is InChI=1S/C6H17N3.C2H6.CH5N/c1-7-3-5-9-6-4-8-2;2*1-2/h7-9H,3-6H2,1-2H3;1-2H3;2H2,1H3. The summed E-state index contributed by atoms with van der Waals surface area (Å²) >= 11 is 0. The lowest BCUT2D eigenvalue weighted by Gasteiger charge is -2.01. The minimum absolute atomic E-state index is 1.05. The maximum atomic E-state index is 4.50. The zero-order chi connectivity index (χ0) is 10.9. The molecule has 0 rings (SSSR count). The molecule has 0 heterocycles. The monoisotopic (exact) mass is 192 g/mol. The molecule has 0 aliphatic rings. The molecule has 0 aromatic heterocycles. The van der Waals surface area contributed by atoms with Crippen LogP contribution in [0.25, 0.3) is 0 Å². The molecule has 0 radical (unpaired) electrons. The van der Waals surface area contributed by atoms with E-state index in [9.17, 15) is 0 Å². The van der Waals surface area contributed by atoms with Gasteiger partial charge in [0.2, 0.25) is 0 Å². The van der Waals surface area contributed by atoms with Gasteiger partial charge < -0.3 is 21.7 Å². The van der Waals surface area contributed by atoms with Gasteiger partial charge in [-0.1, -0.05) is 13.8 Å². The van der Waals surface area contributed by atoms with Crippen molar-refractivity contribution in [2.75, 3.05) is 47.3 Å². The number of rotatable bonds is 6. The van der Waals surface area contributed by atoms with E-state index in [2.05, 4.69) is 21.7 Å². The highest BCUT2D eigenvalue weighted by Crippen LogP contribution is 1.55. The molecule has 0 spiro atoms. The minimum Gasteiger partial charge on any atom is -0.333 e. The second-order valence-electron chi connectivity index (χ2n) is 1.96. The quantitative estimate of drug-likeness (QED) is 0.433. The molecule has 0 aliphatic heterocycles. The van der Waals surface area contributed by atoms with Crippen molar-refractivity contribution in [2.24, 2.45) is 5.73 Å². The van der Waals surface area contributed by atoms with E-state index in [4.69, 9.17) is 0 Å². The second-order valence-corrected chi connectivity index (χ2v) is 1.96. The van der Waals surface area contributed by atoms with Gasteiger partial charge in [-0.25, -0.2) is 0 Å². The van der Waals surface area contributed by atoms with Crippen LogP contribution in [0, 0.1) is 0 Å². The van der Waals surface area contributed by atoms with Crippen LogP contribution in [0.3, 0.4) is 0 Å². The van der Waals surface area contributed by atoms with Crippen LogP contribution in [0.2, 0.25) is 0 Å². The number of hydrogen-bond acceptors (Lipinski definition) is 4. The van der Waals surface area contributed by atoms with E-state index < -0.39 is 0 Å². The molecular weight excluding hydrogens is 164 g/mol. The highest BCUT2D eigenvalue weighted by atomic mass is 14.9. The van der Waals surface area contributed by atoms with Gasteiger partial charge in [-0.15, -0.1) is 0 Å². The Kier molecular flexibility index (Phi) is 42.5. The topological polar surface area (TPSA) is 62.1 Å². The van der Waals surface area contributed by atoms with E-state index in [0.717, 1.165) is 26.2 Å². The summed E-state index contributed by atoms with van der Waals surface area (Å²) in [5.41, 5.74) is 4.50. The summed E-state index contributed by atoms with van der Waals surface area (Å²) in [6, 6.07) is 0. The summed E-state index contributed by atoms with van der Waals surface area (Å²) in [5, 5.41) is 9.39. The Hall–Kier alpha value is -0.160. The van der Waals surface area contributed by atoms with Crippen LogP contribution in [0.4, 0.5) is 0 Å². The van der Waals surface area contributed by atoms with Gasteiger partial charge in [0.1, 0.15) is 0 Å². The highest BCUT2D eigenvalue weighted by Gasteiger charge is 1.81. The first-order valence-electron chi connectivity index (χ1n) is 4.99. The van der Waals surface area contributed by atoms with E-state index in [1.807, 2.05) is 27.9 Å². The Morgan fingerprint density at radius 1 is 0.769 bits per heavy atom. The molecule has 0 fully saturated rings. The Bertz CT molecular complexity index is 44.9. The Balaban J connectivity index is -0.000000218. The van der Waals surface area contributed by atoms with Crippen molar-refractivity contribution < 1.29 is 0 Å². The average molecular weight is 192 g/mol. The third-order valence-electron chi connectivity index (χ3n) is 1.10. The predicted octanol–water partition coefficient (Wildman–Crippen LogP) is -0.384. The Morgan fingerprint density at radius 3 is 1.31 bits per heavy atom. The van der Waals surface area contributed by atoms with Gasteiger partial charge in [-0.3, -0.25) is 0 Å². The van der Waals surface area contributed by atoms with Gasteiger partial charge in [-0.2, -0.15) is 0 Å². The lowest BCUT2D eigenvalue weighted by Crippen LogP contribution is -2.30. The van der Waals surface area contributed by atoms with Gasteiger partial charge >= 0.3 is 0 Å². The summed E-state index contributed by atoms with van der Waals surface area (Å²) in [7, 11) is 5.42. The van der Waals surface area contributed by atoms with Crippen LogP contribution < -0.4 is 21.7 Å². The van der Waals surface area contributed by atoms with E-state index in [-0.39, 0.29) is 0 Å².